The van der Waals surface area contributed by atoms with Gasteiger partial charge < -0.3 is 19.0 Å². The van der Waals surface area contributed by atoms with Crippen LogP contribution in [0.4, 0.5) is 0 Å². The second-order valence-corrected chi connectivity index (χ2v) is 6.91. The molecule has 1 saturated carbocycles. The van der Waals surface area contributed by atoms with Gasteiger partial charge in [0.2, 0.25) is 0 Å². The molecule has 25 heavy (non-hydrogen) atoms. The van der Waals surface area contributed by atoms with Crippen molar-refractivity contribution in [1.82, 2.24) is 0 Å². The molecule has 0 aromatic carbocycles. The number of halogens is 1. The Kier molecular flexibility index (Phi) is 6.05. The summed E-state index contributed by atoms with van der Waals surface area (Å²) >= 11 is 3.17. The van der Waals surface area contributed by atoms with Crippen LogP contribution in [-0.2, 0) is 23.9 Å². The fourth-order valence-corrected chi connectivity index (χ4v) is 3.65. The lowest BCUT2D eigenvalue weighted by Crippen LogP contribution is -2.55. The first-order valence-electron chi connectivity index (χ1n) is 8.06. The Balaban J connectivity index is 2.56. The van der Waals surface area contributed by atoms with Crippen molar-refractivity contribution in [3.63, 3.8) is 0 Å². The molecule has 0 spiro atoms. The van der Waals surface area contributed by atoms with Gasteiger partial charge in [0.15, 0.2) is 10.5 Å². The van der Waals surface area contributed by atoms with Crippen LogP contribution < -0.4 is 0 Å². The van der Waals surface area contributed by atoms with E-state index in [1.807, 2.05) is 0 Å². The Morgan fingerprint density at radius 2 is 1.88 bits per heavy atom. The maximum absolute atomic E-state index is 12.6. The molecule has 1 aromatic heterocycles. The number of carbonyl (C=O) groups is 3. The molecule has 1 aromatic rings. The topological polar surface area (TPSA) is 103 Å². The predicted octanol–water partition coefficient (Wildman–Crippen LogP) is 2.21. The maximum atomic E-state index is 12.6. The number of hydrogen-bond donors (Lipinski definition) is 1. The number of carbonyl (C=O) groups excluding carboxylic acids is 3. The molecule has 2 rings (SSSR count). The van der Waals surface area contributed by atoms with Gasteiger partial charge in [0.25, 0.3) is 0 Å². The first-order valence-corrected chi connectivity index (χ1v) is 8.85. The zero-order valence-electron chi connectivity index (χ0n) is 14.3. The zero-order chi connectivity index (χ0) is 18.8. The molecule has 0 bridgehead atoms. The molecule has 1 aliphatic rings. The SMILES string of the molecule is CCOC(=O)[C@@H]1C(=O)C[C@](C)(O)[C@@H](C(=O)OCC)[C@H]1c1ccc(Br)o1. The number of Topliss-reactive ketones (excluding diaryl/α,β-unsaturated/α-hetero) is 1. The van der Waals surface area contributed by atoms with Crippen molar-refractivity contribution in [2.45, 2.75) is 38.7 Å². The minimum Gasteiger partial charge on any atom is -0.466 e. The van der Waals surface area contributed by atoms with Crippen molar-refractivity contribution in [3.05, 3.63) is 22.6 Å². The molecule has 0 unspecified atom stereocenters. The summed E-state index contributed by atoms with van der Waals surface area (Å²) in [6, 6.07) is 3.15. The van der Waals surface area contributed by atoms with Gasteiger partial charge in [0.05, 0.1) is 30.7 Å². The van der Waals surface area contributed by atoms with Crippen LogP contribution >= 0.6 is 15.9 Å². The van der Waals surface area contributed by atoms with E-state index in [9.17, 15) is 19.5 Å². The molecule has 0 radical (unpaired) electrons. The van der Waals surface area contributed by atoms with Gasteiger partial charge in [-0.3, -0.25) is 14.4 Å². The smallest absolute Gasteiger partial charge is 0.317 e. The van der Waals surface area contributed by atoms with Crippen molar-refractivity contribution in [1.29, 1.82) is 0 Å². The molecule has 138 valence electrons. The predicted molar refractivity (Wildman–Crippen MR) is 89.6 cm³/mol. The minimum atomic E-state index is -1.67. The largest absolute Gasteiger partial charge is 0.466 e. The molecule has 1 heterocycles. The molecular weight excluding hydrogens is 396 g/mol. The van der Waals surface area contributed by atoms with Gasteiger partial charge in [-0.1, -0.05) is 0 Å². The lowest BCUT2D eigenvalue weighted by atomic mass is 9.63. The highest BCUT2D eigenvalue weighted by molar-refractivity contribution is 9.10. The van der Waals surface area contributed by atoms with Gasteiger partial charge in [-0.15, -0.1) is 0 Å². The van der Waals surface area contributed by atoms with Gasteiger partial charge >= 0.3 is 11.9 Å². The van der Waals surface area contributed by atoms with Crippen molar-refractivity contribution < 1.29 is 33.4 Å². The van der Waals surface area contributed by atoms with Crippen LogP contribution in [0.25, 0.3) is 0 Å². The third-order valence-electron chi connectivity index (χ3n) is 4.27. The van der Waals surface area contributed by atoms with Crippen LogP contribution in [0, 0.1) is 11.8 Å². The van der Waals surface area contributed by atoms with E-state index in [2.05, 4.69) is 15.9 Å². The minimum absolute atomic E-state index is 0.0949. The first kappa shape index (κ1) is 19.7. The summed E-state index contributed by atoms with van der Waals surface area (Å²) in [5.41, 5.74) is -1.67. The third-order valence-corrected chi connectivity index (χ3v) is 4.70. The van der Waals surface area contributed by atoms with E-state index in [0.29, 0.717) is 4.67 Å². The van der Waals surface area contributed by atoms with E-state index in [-0.39, 0.29) is 25.4 Å². The molecule has 0 aliphatic heterocycles. The van der Waals surface area contributed by atoms with Crippen LogP contribution in [0.2, 0.25) is 0 Å². The van der Waals surface area contributed by atoms with Gasteiger partial charge in [-0.05, 0) is 48.8 Å². The summed E-state index contributed by atoms with van der Waals surface area (Å²) in [5, 5.41) is 10.7. The Morgan fingerprint density at radius 1 is 1.28 bits per heavy atom. The molecule has 1 fully saturated rings. The van der Waals surface area contributed by atoms with Crippen molar-refractivity contribution in [2.24, 2.45) is 11.8 Å². The molecule has 1 aliphatic carbocycles. The molecular formula is C17H21BrO7. The highest BCUT2D eigenvalue weighted by atomic mass is 79.9. The average Bonchev–Trinajstić information content (AvgIpc) is 2.92. The van der Waals surface area contributed by atoms with E-state index < -0.39 is 41.1 Å². The second kappa shape index (κ2) is 7.70. The molecule has 0 amide bonds. The summed E-state index contributed by atoms with van der Waals surface area (Å²) < 4.78 is 16.0. The van der Waals surface area contributed by atoms with Crippen LogP contribution in [0.5, 0.6) is 0 Å². The van der Waals surface area contributed by atoms with Crippen molar-refractivity contribution in [3.8, 4) is 0 Å². The monoisotopic (exact) mass is 416 g/mol. The lowest BCUT2D eigenvalue weighted by molar-refractivity contribution is -0.173. The standard InChI is InChI=1S/C17H21BrO7/c1-4-23-15(20)12-9(19)8-17(3,22)14(16(21)24-5-2)13(12)10-6-7-11(18)25-10/h6-7,12-14,22H,4-5,8H2,1-3H3/t12-,13+,14-,17+/m1/s1. The van der Waals surface area contributed by atoms with Gasteiger partial charge in [-0.25, -0.2) is 0 Å². The number of hydrogen-bond acceptors (Lipinski definition) is 7. The van der Waals surface area contributed by atoms with E-state index in [1.54, 1.807) is 26.0 Å². The molecule has 4 atom stereocenters. The van der Waals surface area contributed by atoms with Crippen LogP contribution in [-0.4, -0.2) is 41.6 Å². The highest BCUT2D eigenvalue weighted by Crippen LogP contribution is 2.47. The van der Waals surface area contributed by atoms with Crippen molar-refractivity contribution in [2.75, 3.05) is 13.2 Å². The third kappa shape index (κ3) is 3.95. The summed E-state index contributed by atoms with van der Waals surface area (Å²) in [6.45, 7) is 4.86. The second-order valence-electron chi connectivity index (χ2n) is 6.13. The Morgan fingerprint density at radius 3 is 2.40 bits per heavy atom. The number of ketones is 1. The molecule has 0 saturated heterocycles. The van der Waals surface area contributed by atoms with Crippen LogP contribution in [0.15, 0.2) is 21.2 Å². The number of rotatable bonds is 5. The summed E-state index contributed by atoms with van der Waals surface area (Å²) in [6.07, 6.45) is -0.349. The molecule has 7 nitrogen and oxygen atoms in total. The van der Waals surface area contributed by atoms with E-state index in [4.69, 9.17) is 13.9 Å². The fourth-order valence-electron chi connectivity index (χ4n) is 3.33. The number of esters is 2. The van der Waals surface area contributed by atoms with E-state index in [1.165, 1.54) is 6.92 Å². The number of furan rings is 1. The average molecular weight is 417 g/mol. The quantitative estimate of drug-likeness (QED) is 0.579. The lowest BCUT2D eigenvalue weighted by Gasteiger charge is -2.42. The normalized spacial score (nSPS) is 29.3. The zero-order valence-corrected chi connectivity index (χ0v) is 15.9. The Hall–Kier alpha value is -1.67. The Labute approximate surface area is 153 Å². The van der Waals surface area contributed by atoms with E-state index >= 15 is 0 Å². The summed E-state index contributed by atoms with van der Waals surface area (Å²) in [7, 11) is 0. The van der Waals surface area contributed by atoms with Gasteiger partial charge in [0, 0.05) is 6.42 Å². The summed E-state index contributed by atoms with van der Waals surface area (Å²) in [4.78, 5) is 37.5. The van der Waals surface area contributed by atoms with E-state index in [0.717, 1.165) is 0 Å². The van der Waals surface area contributed by atoms with Crippen LogP contribution in [0.3, 0.4) is 0 Å². The number of aliphatic hydroxyl groups is 1. The fraction of sp³-hybridized carbons (Fsp3) is 0.588. The van der Waals surface area contributed by atoms with Crippen molar-refractivity contribution >= 4 is 33.7 Å². The van der Waals surface area contributed by atoms with Gasteiger partial charge in [0.1, 0.15) is 11.7 Å². The van der Waals surface area contributed by atoms with Crippen LogP contribution in [0.1, 0.15) is 38.9 Å². The number of ether oxygens (including phenoxy) is 2. The first-order chi connectivity index (χ1) is 11.7. The Bertz CT molecular complexity index is 664. The summed E-state index contributed by atoms with van der Waals surface area (Å²) in [5.74, 6) is -5.09. The highest BCUT2D eigenvalue weighted by Gasteiger charge is 2.58. The maximum Gasteiger partial charge on any atom is 0.317 e. The molecule has 1 N–H and O–H groups in total. The van der Waals surface area contributed by atoms with Gasteiger partial charge in [-0.2, -0.15) is 0 Å². The molecule has 8 heteroatoms.